The zero-order valence-electron chi connectivity index (χ0n) is 18.1. The van der Waals surface area contributed by atoms with Crippen molar-refractivity contribution in [2.24, 2.45) is 5.41 Å². The van der Waals surface area contributed by atoms with Crippen molar-refractivity contribution in [1.82, 2.24) is 9.80 Å². The highest BCUT2D eigenvalue weighted by Gasteiger charge is 2.61. The summed E-state index contributed by atoms with van der Waals surface area (Å²) in [4.78, 5) is 17.4. The van der Waals surface area contributed by atoms with Crippen LogP contribution < -0.4 is 4.90 Å². The summed E-state index contributed by atoms with van der Waals surface area (Å²) in [6, 6.07) is 8.51. The van der Waals surface area contributed by atoms with Gasteiger partial charge in [0.05, 0.1) is 0 Å². The van der Waals surface area contributed by atoms with Gasteiger partial charge in [0, 0.05) is 43.8 Å². The molecule has 1 aromatic rings. The van der Waals surface area contributed by atoms with Gasteiger partial charge < -0.3 is 14.5 Å². The third-order valence-corrected chi connectivity index (χ3v) is 6.85. The van der Waals surface area contributed by atoms with E-state index in [0.717, 1.165) is 50.5 Å². The first-order chi connectivity index (χ1) is 15.5. The molecule has 3 aliphatic heterocycles. The second kappa shape index (κ2) is 8.88. The molecule has 0 aliphatic carbocycles. The molecule has 0 bridgehead atoms. The molecule has 3 heterocycles. The van der Waals surface area contributed by atoms with E-state index in [1.54, 1.807) is 0 Å². The molecule has 0 saturated carbocycles. The van der Waals surface area contributed by atoms with Crippen molar-refractivity contribution in [2.45, 2.75) is 50.7 Å². The average Bonchev–Trinajstić information content (AvgIpc) is 3.24. The van der Waals surface area contributed by atoms with Gasteiger partial charge in [0.2, 0.25) is 0 Å². The summed E-state index contributed by atoms with van der Waals surface area (Å²) in [5.41, 5.74) is 2.16. The van der Waals surface area contributed by atoms with E-state index in [1.165, 1.54) is 24.1 Å². The van der Waals surface area contributed by atoms with Crippen LogP contribution in [0.5, 0.6) is 0 Å². The molecule has 33 heavy (non-hydrogen) atoms. The van der Waals surface area contributed by atoms with Crippen molar-refractivity contribution in [1.29, 1.82) is 0 Å². The number of carbonyl (C=O) groups excluding carboxylic acids is 1. The highest BCUT2D eigenvalue weighted by molar-refractivity contribution is 5.69. The Morgan fingerprint density at radius 1 is 0.909 bits per heavy atom. The first-order valence-electron chi connectivity index (χ1n) is 11.1. The molecule has 0 aromatic heterocycles. The van der Waals surface area contributed by atoms with E-state index in [-0.39, 0.29) is 18.5 Å². The molecule has 11 heteroatoms. The summed E-state index contributed by atoms with van der Waals surface area (Å²) in [5.74, 6) is 0. The molecule has 0 atom stereocenters. The van der Waals surface area contributed by atoms with Gasteiger partial charge >= 0.3 is 18.4 Å². The highest BCUT2D eigenvalue weighted by Crippen LogP contribution is 2.42. The molecule has 1 aromatic carbocycles. The van der Waals surface area contributed by atoms with Crippen LogP contribution in [0.15, 0.2) is 24.3 Å². The Morgan fingerprint density at radius 3 is 1.97 bits per heavy atom. The van der Waals surface area contributed by atoms with Gasteiger partial charge in [-0.15, -0.1) is 0 Å². The zero-order valence-corrected chi connectivity index (χ0v) is 18.1. The van der Waals surface area contributed by atoms with E-state index in [1.807, 2.05) is 0 Å². The van der Waals surface area contributed by atoms with Gasteiger partial charge in [0.25, 0.3) is 6.10 Å². The third-order valence-electron chi connectivity index (χ3n) is 6.85. The monoisotopic (exact) mass is 479 g/mol. The van der Waals surface area contributed by atoms with Crippen LogP contribution in [0.2, 0.25) is 0 Å². The van der Waals surface area contributed by atoms with Crippen LogP contribution in [0, 0.1) is 5.41 Å². The van der Waals surface area contributed by atoms with E-state index in [2.05, 4.69) is 38.8 Å². The Bertz CT molecular complexity index is 806. The minimum atomic E-state index is -5.70. The van der Waals surface area contributed by atoms with Crippen molar-refractivity contribution in [3.05, 3.63) is 29.8 Å². The number of hydrogen-bond donors (Lipinski definition) is 0. The normalized spacial score (nSPS) is 21.5. The molecule has 1 spiro atoms. The van der Waals surface area contributed by atoms with Crippen LogP contribution in [-0.4, -0.2) is 73.6 Å². The van der Waals surface area contributed by atoms with Gasteiger partial charge in [0.1, 0.15) is 0 Å². The number of halogens is 6. The van der Waals surface area contributed by atoms with Crippen molar-refractivity contribution in [3.8, 4) is 0 Å². The SMILES string of the molecule is O=C(OC(C(F)(F)F)C(F)(F)F)N1CC2(CCN(Cc3ccc(N4CCCC4)cc3)CC2)C1. The fourth-order valence-electron chi connectivity index (χ4n) is 4.93. The van der Waals surface area contributed by atoms with Gasteiger partial charge in [-0.3, -0.25) is 4.90 Å². The van der Waals surface area contributed by atoms with Crippen LogP contribution in [0.25, 0.3) is 0 Å². The summed E-state index contributed by atoms with van der Waals surface area (Å²) in [5, 5.41) is 0. The van der Waals surface area contributed by atoms with Crippen LogP contribution in [-0.2, 0) is 11.3 Å². The number of anilines is 1. The maximum Gasteiger partial charge on any atom is 0.434 e. The molecule has 4 rings (SSSR count). The molecule has 3 fully saturated rings. The number of hydrogen-bond acceptors (Lipinski definition) is 4. The van der Waals surface area contributed by atoms with E-state index in [4.69, 9.17) is 0 Å². The summed E-state index contributed by atoms with van der Waals surface area (Å²) in [6.45, 7) is 4.70. The molecular formula is C22H27F6N3O2. The number of piperidine rings is 1. The van der Waals surface area contributed by atoms with E-state index < -0.39 is 24.5 Å². The molecule has 0 N–H and O–H groups in total. The Labute approximate surface area is 188 Å². The van der Waals surface area contributed by atoms with Crippen molar-refractivity contribution < 1.29 is 35.9 Å². The number of benzene rings is 1. The predicted octanol–water partition coefficient (Wildman–Crippen LogP) is 4.81. The van der Waals surface area contributed by atoms with Gasteiger partial charge in [0.15, 0.2) is 0 Å². The number of alkyl halides is 6. The van der Waals surface area contributed by atoms with Gasteiger partial charge in [-0.05, 0) is 56.5 Å². The lowest BCUT2D eigenvalue weighted by molar-refractivity contribution is -0.309. The van der Waals surface area contributed by atoms with Crippen molar-refractivity contribution >= 4 is 11.8 Å². The largest absolute Gasteiger partial charge is 0.434 e. The number of carbonyl (C=O) groups is 1. The number of rotatable bonds is 4. The lowest BCUT2D eigenvalue weighted by Crippen LogP contribution is -2.62. The van der Waals surface area contributed by atoms with E-state index in [0.29, 0.717) is 0 Å². The van der Waals surface area contributed by atoms with Crippen molar-refractivity contribution in [3.63, 3.8) is 0 Å². The zero-order chi connectivity index (χ0) is 23.9. The molecule has 3 aliphatic rings. The first kappa shape index (κ1) is 24.0. The Kier molecular flexibility index (Phi) is 6.45. The van der Waals surface area contributed by atoms with E-state index >= 15 is 0 Å². The molecular weight excluding hydrogens is 452 g/mol. The lowest BCUT2D eigenvalue weighted by Gasteiger charge is -2.53. The number of likely N-dealkylation sites (tertiary alicyclic amines) is 2. The smallest absolute Gasteiger partial charge is 0.426 e. The standard InChI is InChI=1S/C22H27F6N3O2/c23-21(24,25)18(22(26,27)28)33-19(32)31-14-20(15-31)7-11-29(12-8-20)13-16-3-5-17(6-4-16)30-9-1-2-10-30/h3-6,18H,1-2,7-15H2. The maximum absolute atomic E-state index is 12.6. The maximum atomic E-state index is 12.6. The second-order valence-electron chi connectivity index (χ2n) is 9.34. The van der Waals surface area contributed by atoms with Crippen LogP contribution in [0.4, 0.5) is 36.8 Å². The summed E-state index contributed by atoms with van der Waals surface area (Å²) >= 11 is 0. The van der Waals surface area contributed by atoms with Gasteiger partial charge in [-0.1, -0.05) is 12.1 Å². The Hall–Kier alpha value is -2.17. The summed E-state index contributed by atoms with van der Waals surface area (Å²) < 4.78 is 79.4. The highest BCUT2D eigenvalue weighted by atomic mass is 19.4. The number of amides is 1. The van der Waals surface area contributed by atoms with Gasteiger partial charge in [-0.2, -0.15) is 26.3 Å². The number of ether oxygens (including phenoxy) is 1. The quantitative estimate of drug-likeness (QED) is 0.581. The predicted molar refractivity (Wildman–Crippen MR) is 109 cm³/mol. The Morgan fingerprint density at radius 2 is 1.45 bits per heavy atom. The van der Waals surface area contributed by atoms with Gasteiger partial charge in [-0.25, -0.2) is 4.79 Å². The minimum absolute atomic E-state index is 0.118. The van der Waals surface area contributed by atoms with Crippen LogP contribution >= 0.6 is 0 Å². The topological polar surface area (TPSA) is 36.0 Å². The molecule has 0 unspecified atom stereocenters. The minimum Gasteiger partial charge on any atom is -0.426 e. The fourth-order valence-corrected chi connectivity index (χ4v) is 4.93. The first-order valence-corrected chi connectivity index (χ1v) is 11.1. The Balaban J connectivity index is 1.23. The number of nitrogens with zero attached hydrogens (tertiary/aromatic N) is 3. The molecule has 1 amide bonds. The average molecular weight is 479 g/mol. The summed E-state index contributed by atoms with van der Waals surface area (Å²) in [7, 11) is 0. The van der Waals surface area contributed by atoms with Crippen LogP contribution in [0.1, 0.15) is 31.2 Å². The lowest BCUT2D eigenvalue weighted by atomic mass is 9.72. The molecule has 184 valence electrons. The molecule has 5 nitrogen and oxygen atoms in total. The second-order valence-corrected chi connectivity index (χ2v) is 9.34. The summed E-state index contributed by atoms with van der Waals surface area (Å²) in [6.07, 6.45) is -13.2. The molecule has 3 saturated heterocycles. The van der Waals surface area contributed by atoms with Crippen molar-refractivity contribution in [2.75, 3.05) is 44.2 Å². The third kappa shape index (κ3) is 5.50. The van der Waals surface area contributed by atoms with E-state index in [9.17, 15) is 31.1 Å². The van der Waals surface area contributed by atoms with Crippen LogP contribution in [0.3, 0.4) is 0 Å². The fraction of sp³-hybridized carbons (Fsp3) is 0.682. The molecule has 0 radical (unpaired) electrons.